The van der Waals surface area contributed by atoms with E-state index in [1.807, 2.05) is 23.5 Å². The maximum atomic E-state index is 4.00. The predicted molar refractivity (Wildman–Crippen MR) is 279 cm³/mol. The van der Waals surface area contributed by atoms with Gasteiger partial charge < -0.3 is 0 Å². The van der Waals surface area contributed by atoms with Crippen LogP contribution in [0.4, 0.5) is 0 Å². The molecule has 0 aliphatic heterocycles. The van der Waals surface area contributed by atoms with Crippen molar-refractivity contribution in [3.63, 3.8) is 0 Å². The van der Waals surface area contributed by atoms with Gasteiger partial charge in [-0.05, 0) is 27.8 Å². The summed E-state index contributed by atoms with van der Waals surface area (Å²) in [5, 5.41) is 1.31. The van der Waals surface area contributed by atoms with Gasteiger partial charge in [0.1, 0.15) is 0 Å². The first-order valence-electron chi connectivity index (χ1n) is 21.3. The number of rotatable bonds is 13. The molecule has 0 fully saturated rings. The fourth-order valence-corrected chi connectivity index (χ4v) is 16.5. The molecule has 0 amide bonds. The maximum absolute atomic E-state index is 4.00. The molecule has 1 unspecified atom stereocenters. The number of halogens is 1. The molecule has 0 aliphatic rings. The zero-order chi connectivity index (χ0) is 42.4. The van der Waals surface area contributed by atoms with Gasteiger partial charge in [-0.15, -0.1) is 0 Å². The Hall–Kier alpha value is -6.33. The number of fused-ring (bicyclic) bond motifs is 1. The summed E-state index contributed by atoms with van der Waals surface area (Å²) < 4.78 is 5.71. The smallest absolute Gasteiger partial charge is 0.0622 e. The van der Waals surface area contributed by atoms with Crippen LogP contribution in [0.3, 0.4) is 0 Å². The summed E-state index contributed by atoms with van der Waals surface area (Å²) >= 11 is -0.0256. The van der Waals surface area contributed by atoms with Gasteiger partial charge in [-0.1, -0.05) is 98.4 Å². The van der Waals surface area contributed by atoms with Crippen LogP contribution < -0.4 is 0 Å². The second-order valence-corrected chi connectivity index (χ2v) is 22.7. The Morgan fingerprint density at radius 1 is 0.516 bits per heavy atom. The molecule has 0 aliphatic carbocycles. The second kappa shape index (κ2) is 18.7. The first kappa shape index (κ1) is 41.0. The van der Waals surface area contributed by atoms with Gasteiger partial charge in [0.25, 0.3) is 0 Å². The molecule has 0 nitrogen and oxygen atoms in total. The molecule has 0 radical (unpaired) electrons. The average Bonchev–Trinajstić information content (AvgIpc) is 3.76. The standard InChI is InChI=1S/C60H49IS/c1-5-43-18-22-50(23-19-43)60(51-26-24-48(25-27-51)46-14-10-8-11-15-46)45(7-3)39-52-28-29-53(38-42(52)4)54-30-31-55-41-59(62-58(55)40-54)61(56-34-20-44(6-2)21-35-56)57-36-32-49(33-37-57)47-16-12-9-13-17-47/h5-6,8-41,60H,1-2,7H2,3-4H3/b45-39+. The fourth-order valence-electron chi connectivity index (χ4n) is 8.29. The van der Waals surface area contributed by atoms with Crippen LogP contribution in [0.25, 0.3) is 61.7 Å². The van der Waals surface area contributed by atoms with E-state index in [1.165, 1.54) is 81.3 Å². The zero-order valence-corrected chi connectivity index (χ0v) is 38.2. The van der Waals surface area contributed by atoms with Gasteiger partial charge >= 0.3 is 255 Å². The summed E-state index contributed by atoms with van der Waals surface area (Å²) in [6.07, 6.45) is 7.22. The Labute approximate surface area is 378 Å². The van der Waals surface area contributed by atoms with Crippen molar-refractivity contribution in [2.45, 2.75) is 26.2 Å². The van der Waals surface area contributed by atoms with Crippen LogP contribution >= 0.6 is 31.2 Å². The van der Waals surface area contributed by atoms with Gasteiger partial charge in [-0.2, -0.15) is 0 Å². The van der Waals surface area contributed by atoms with E-state index < -0.39 is 19.8 Å². The molecule has 9 rings (SSSR count). The Balaban J connectivity index is 1.03. The topological polar surface area (TPSA) is 0 Å². The molecule has 302 valence electrons. The molecular weight excluding hydrogens is 880 g/mol. The summed E-state index contributed by atoms with van der Waals surface area (Å²) in [5.41, 5.74) is 16.3. The SMILES string of the molecule is C=Cc1ccc(C(/C(=C/c2ccc(-c3ccc4cc(I(c5ccc(C=C)cc5)c5ccc(-c6ccccc6)cc5)sc4c3)cc2C)CC)c2ccc(-c3ccccc3)cc2)cc1. The fraction of sp³-hybridized carbons (Fsp3) is 0.0667. The van der Waals surface area contributed by atoms with E-state index in [0.717, 1.165) is 17.5 Å². The second-order valence-electron chi connectivity index (χ2n) is 15.7. The monoisotopic (exact) mass is 928 g/mol. The van der Waals surface area contributed by atoms with E-state index in [-0.39, 0.29) is 5.92 Å². The van der Waals surface area contributed by atoms with Gasteiger partial charge in [-0.25, -0.2) is 0 Å². The molecule has 1 heterocycles. The van der Waals surface area contributed by atoms with Crippen molar-refractivity contribution in [3.8, 4) is 33.4 Å². The minimum Gasteiger partial charge on any atom is -0.0622 e. The molecule has 0 N–H and O–H groups in total. The van der Waals surface area contributed by atoms with Crippen molar-refractivity contribution >= 4 is 59.5 Å². The number of hydrogen-bond acceptors (Lipinski definition) is 1. The van der Waals surface area contributed by atoms with Gasteiger partial charge in [0.05, 0.1) is 0 Å². The third-order valence-corrected chi connectivity index (χ3v) is 19.6. The van der Waals surface area contributed by atoms with E-state index in [1.54, 1.807) is 0 Å². The quantitative estimate of drug-likeness (QED) is 0.101. The summed E-state index contributed by atoms with van der Waals surface area (Å²) in [5.74, 6) is 0.132. The van der Waals surface area contributed by atoms with Crippen LogP contribution in [0.2, 0.25) is 0 Å². The Morgan fingerprint density at radius 2 is 0.984 bits per heavy atom. The third-order valence-electron chi connectivity index (χ3n) is 11.7. The summed E-state index contributed by atoms with van der Waals surface area (Å²) in [4.78, 5) is 0. The Morgan fingerprint density at radius 3 is 1.53 bits per heavy atom. The summed E-state index contributed by atoms with van der Waals surface area (Å²) in [6, 6.07) is 74.2. The van der Waals surface area contributed by atoms with Crippen molar-refractivity contribution in [3.05, 3.63) is 262 Å². The normalized spacial score (nSPS) is 12.2. The zero-order valence-electron chi connectivity index (χ0n) is 35.3. The van der Waals surface area contributed by atoms with Crippen LogP contribution in [-0.2, 0) is 0 Å². The molecule has 1 atom stereocenters. The van der Waals surface area contributed by atoms with E-state index in [9.17, 15) is 0 Å². The number of aryl methyl sites for hydroxylation is 1. The average molecular weight is 929 g/mol. The molecule has 0 saturated carbocycles. The minimum atomic E-state index is -1.99. The molecule has 0 bridgehead atoms. The van der Waals surface area contributed by atoms with E-state index in [4.69, 9.17) is 0 Å². The van der Waals surface area contributed by atoms with E-state index in [0.29, 0.717) is 0 Å². The molecule has 62 heavy (non-hydrogen) atoms. The van der Waals surface area contributed by atoms with Gasteiger partial charge in [-0.3, -0.25) is 0 Å². The van der Waals surface area contributed by atoms with E-state index in [2.05, 4.69) is 233 Å². The van der Waals surface area contributed by atoms with Crippen molar-refractivity contribution in [1.29, 1.82) is 0 Å². The predicted octanol–water partition coefficient (Wildman–Crippen LogP) is 17.5. The van der Waals surface area contributed by atoms with Crippen molar-refractivity contribution in [2.75, 3.05) is 0 Å². The van der Waals surface area contributed by atoms with Crippen molar-refractivity contribution < 1.29 is 0 Å². The van der Waals surface area contributed by atoms with Gasteiger partial charge in [0.15, 0.2) is 0 Å². The molecule has 1 aromatic heterocycles. The van der Waals surface area contributed by atoms with Crippen LogP contribution in [0.15, 0.2) is 219 Å². The summed E-state index contributed by atoms with van der Waals surface area (Å²) in [7, 11) is 0. The molecule has 0 saturated heterocycles. The summed E-state index contributed by atoms with van der Waals surface area (Å²) in [6.45, 7) is 12.5. The van der Waals surface area contributed by atoms with Crippen LogP contribution in [0.1, 0.15) is 52.6 Å². The number of thiophene rings is 1. The molecular formula is C60H49IS. The van der Waals surface area contributed by atoms with Crippen molar-refractivity contribution in [2.24, 2.45) is 0 Å². The van der Waals surface area contributed by atoms with Crippen molar-refractivity contribution in [1.82, 2.24) is 0 Å². The number of benzene rings is 8. The first-order chi connectivity index (χ1) is 30.5. The Kier molecular flexibility index (Phi) is 12.4. The molecule has 8 aromatic carbocycles. The molecule has 0 spiro atoms. The molecule has 9 aromatic rings. The van der Waals surface area contributed by atoms with Crippen LogP contribution in [0, 0.1) is 16.9 Å². The Bertz CT molecular complexity index is 2990. The number of hydrogen-bond donors (Lipinski definition) is 0. The van der Waals surface area contributed by atoms with E-state index >= 15 is 0 Å². The first-order valence-corrected chi connectivity index (χ1v) is 25.3. The third kappa shape index (κ3) is 8.85. The number of allylic oxidation sites excluding steroid dienone is 1. The van der Waals surface area contributed by atoms with Gasteiger partial charge in [0.2, 0.25) is 0 Å². The van der Waals surface area contributed by atoms with Gasteiger partial charge in [0, 0.05) is 0 Å². The van der Waals surface area contributed by atoms with Crippen LogP contribution in [-0.4, -0.2) is 0 Å². The molecule has 2 heteroatoms. The van der Waals surface area contributed by atoms with Crippen LogP contribution in [0.5, 0.6) is 0 Å². The minimum absolute atomic E-state index is 0.132.